The zero-order valence-corrected chi connectivity index (χ0v) is 16.2. The van der Waals surface area contributed by atoms with Crippen molar-refractivity contribution in [2.45, 2.75) is 57.5 Å². The van der Waals surface area contributed by atoms with Gasteiger partial charge in [-0.05, 0) is 42.9 Å². The van der Waals surface area contributed by atoms with Crippen LogP contribution in [0.2, 0.25) is 5.02 Å². The van der Waals surface area contributed by atoms with Gasteiger partial charge >= 0.3 is 12.1 Å². The fourth-order valence-electron chi connectivity index (χ4n) is 3.63. The summed E-state index contributed by atoms with van der Waals surface area (Å²) >= 11 is 5.64. The lowest BCUT2D eigenvalue weighted by Crippen LogP contribution is -2.13. The van der Waals surface area contributed by atoms with E-state index in [9.17, 15) is 22.8 Å². The van der Waals surface area contributed by atoms with Crippen LogP contribution in [0, 0.1) is 11.8 Å². The van der Waals surface area contributed by atoms with Gasteiger partial charge in [-0.15, -0.1) is 0 Å². The van der Waals surface area contributed by atoms with Crippen LogP contribution < -0.4 is 0 Å². The molecule has 1 fully saturated rings. The summed E-state index contributed by atoms with van der Waals surface area (Å²) in [5, 5.41) is 8.29. The van der Waals surface area contributed by atoms with Gasteiger partial charge in [0.2, 0.25) is 0 Å². The van der Waals surface area contributed by atoms with Crippen molar-refractivity contribution in [3.05, 3.63) is 40.4 Å². The first kappa shape index (κ1) is 22.5. The molecule has 0 amide bonds. The van der Waals surface area contributed by atoms with E-state index in [0.29, 0.717) is 24.8 Å². The number of hydrogen-bond acceptors (Lipinski definition) is 2. The topological polar surface area (TPSA) is 54.4 Å². The Labute approximate surface area is 167 Å². The van der Waals surface area contributed by atoms with Crippen LogP contribution in [0.1, 0.15) is 62.5 Å². The summed E-state index contributed by atoms with van der Waals surface area (Å²) in [5.74, 6) is -0.680. The van der Waals surface area contributed by atoms with Crippen molar-refractivity contribution in [3.8, 4) is 0 Å². The number of Topliss-reactive ketones (excluding diaryl/α,β-unsaturated/α-hetero) is 1. The summed E-state index contributed by atoms with van der Waals surface area (Å²) in [4.78, 5) is 22.6. The predicted molar refractivity (Wildman–Crippen MR) is 102 cm³/mol. The lowest BCUT2D eigenvalue weighted by molar-refractivity contribution is -0.138. The molecule has 1 N–H and O–H groups in total. The summed E-state index contributed by atoms with van der Waals surface area (Å²) in [5.41, 5.74) is -0.458. The first-order valence-electron chi connectivity index (χ1n) is 9.48. The molecule has 3 nitrogen and oxygen atoms in total. The van der Waals surface area contributed by atoms with E-state index in [0.717, 1.165) is 31.7 Å². The molecule has 28 heavy (non-hydrogen) atoms. The number of rotatable bonds is 9. The van der Waals surface area contributed by atoms with Crippen LogP contribution >= 0.6 is 11.6 Å². The molecule has 0 aliphatic heterocycles. The van der Waals surface area contributed by atoms with Gasteiger partial charge in [-0.3, -0.25) is 9.59 Å². The largest absolute Gasteiger partial charge is 0.481 e. The van der Waals surface area contributed by atoms with E-state index in [1.807, 2.05) is 6.08 Å². The van der Waals surface area contributed by atoms with Crippen molar-refractivity contribution in [2.75, 3.05) is 0 Å². The molecule has 1 aromatic rings. The first-order valence-corrected chi connectivity index (χ1v) is 9.85. The molecule has 0 spiro atoms. The number of carbonyl (C=O) groups excluding carboxylic acids is 1. The highest BCUT2D eigenvalue weighted by atomic mass is 35.5. The molecule has 1 aliphatic carbocycles. The van der Waals surface area contributed by atoms with Crippen LogP contribution in [0.15, 0.2) is 24.3 Å². The van der Waals surface area contributed by atoms with E-state index < -0.39 is 17.7 Å². The third-order valence-corrected chi connectivity index (χ3v) is 5.47. The molecular weight excluding hydrogens is 393 g/mol. The maximum atomic E-state index is 13.0. The zero-order chi connectivity index (χ0) is 20.7. The number of unbranched alkanes of at least 4 members (excludes halogenated alkanes) is 3. The van der Waals surface area contributed by atoms with Gasteiger partial charge in [-0.2, -0.15) is 13.2 Å². The molecule has 2 atom stereocenters. The fourth-order valence-corrected chi connectivity index (χ4v) is 3.86. The second-order valence-electron chi connectivity index (χ2n) is 7.22. The van der Waals surface area contributed by atoms with E-state index in [1.54, 1.807) is 6.08 Å². The minimum atomic E-state index is -4.51. The van der Waals surface area contributed by atoms with Gasteiger partial charge in [0, 0.05) is 18.8 Å². The number of ketones is 1. The maximum Gasteiger partial charge on any atom is 0.417 e. The van der Waals surface area contributed by atoms with Gasteiger partial charge < -0.3 is 5.11 Å². The van der Waals surface area contributed by atoms with E-state index in [2.05, 4.69) is 0 Å². The summed E-state index contributed by atoms with van der Waals surface area (Å²) in [6.45, 7) is 0. The Morgan fingerprint density at radius 3 is 2.61 bits per heavy atom. The van der Waals surface area contributed by atoms with Crippen molar-refractivity contribution in [2.24, 2.45) is 11.8 Å². The van der Waals surface area contributed by atoms with Crippen LogP contribution in [0.5, 0.6) is 0 Å². The third kappa shape index (κ3) is 6.66. The van der Waals surface area contributed by atoms with E-state index >= 15 is 0 Å². The van der Waals surface area contributed by atoms with Crippen LogP contribution in [-0.2, 0) is 15.8 Å². The third-order valence-electron chi connectivity index (χ3n) is 5.14. The van der Waals surface area contributed by atoms with E-state index in [1.165, 1.54) is 12.1 Å². The lowest BCUT2D eigenvalue weighted by atomic mass is 9.89. The molecular formula is C21H24ClF3O3. The average molecular weight is 417 g/mol. The zero-order valence-electron chi connectivity index (χ0n) is 15.5. The quantitative estimate of drug-likeness (QED) is 0.474. The molecule has 2 rings (SSSR count). The number of allylic oxidation sites excluding steroid dienone is 1. The van der Waals surface area contributed by atoms with Gasteiger partial charge in [0.05, 0.1) is 10.6 Å². The Hall–Kier alpha value is -1.82. The molecule has 0 saturated heterocycles. The molecule has 0 heterocycles. The standard InChI is InChI=1S/C21H24ClF3O3/c22-18-11-8-14(13-17(18)21(23,24)25)7-9-15-10-12-19(26)16(15)5-3-1-2-4-6-20(27)28/h7-9,11,13,15-16H,1-6,10,12H2,(H,27,28)/t15-,16+/m1/s1. The molecule has 1 aromatic carbocycles. The molecule has 0 aromatic heterocycles. The van der Waals surface area contributed by atoms with Crippen molar-refractivity contribution in [1.82, 2.24) is 0 Å². The number of halogens is 4. The second-order valence-corrected chi connectivity index (χ2v) is 7.63. The molecule has 154 valence electrons. The SMILES string of the molecule is O=C(O)CCCCCC[C@@H]1C(=O)CC[C@H]1C=Cc1ccc(Cl)c(C(F)(F)F)c1. The van der Waals surface area contributed by atoms with Crippen LogP contribution in [0.25, 0.3) is 6.08 Å². The van der Waals surface area contributed by atoms with Gasteiger partial charge in [0.25, 0.3) is 0 Å². The minimum Gasteiger partial charge on any atom is -0.481 e. The number of carboxylic acids is 1. The average Bonchev–Trinajstić information content (AvgIpc) is 2.96. The molecule has 0 unspecified atom stereocenters. The Bertz CT molecular complexity index is 728. The highest BCUT2D eigenvalue weighted by molar-refractivity contribution is 6.31. The van der Waals surface area contributed by atoms with Crippen molar-refractivity contribution in [1.29, 1.82) is 0 Å². The van der Waals surface area contributed by atoms with Gasteiger partial charge in [0.15, 0.2) is 0 Å². The van der Waals surface area contributed by atoms with Crippen molar-refractivity contribution in [3.63, 3.8) is 0 Å². The van der Waals surface area contributed by atoms with Gasteiger partial charge in [0.1, 0.15) is 5.78 Å². The maximum absolute atomic E-state index is 13.0. The molecule has 1 aliphatic rings. The second kappa shape index (κ2) is 10.1. The molecule has 7 heteroatoms. The highest BCUT2D eigenvalue weighted by Gasteiger charge is 2.34. The number of benzene rings is 1. The Morgan fingerprint density at radius 2 is 1.93 bits per heavy atom. The number of alkyl halides is 3. The first-order chi connectivity index (χ1) is 13.2. The lowest BCUT2D eigenvalue weighted by Gasteiger charge is -2.15. The summed E-state index contributed by atoms with van der Waals surface area (Å²) in [7, 11) is 0. The van der Waals surface area contributed by atoms with Gasteiger partial charge in [-0.1, -0.05) is 49.1 Å². The minimum absolute atomic E-state index is 0.0246. The monoisotopic (exact) mass is 416 g/mol. The number of carbonyl (C=O) groups is 2. The van der Waals surface area contributed by atoms with Crippen molar-refractivity contribution < 1.29 is 27.9 Å². The highest BCUT2D eigenvalue weighted by Crippen LogP contribution is 2.37. The van der Waals surface area contributed by atoms with Crippen LogP contribution in [-0.4, -0.2) is 16.9 Å². The number of hydrogen-bond donors (Lipinski definition) is 1. The normalized spacial score (nSPS) is 20.2. The number of aliphatic carboxylic acids is 1. The molecule has 0 radical (unpaired) electrons. The summed E-state index contributed by atoms with van der Waals surface area (Å²) < 4.78 is 38.9. The Balaban J connectivity index is 1.93. The smallest absolute Gasteiger partial charge is 0.417 e. The molecule has 0 bridgehead atoms. The Kier molecular flexibility index (Phi) is 8.10. The van der Waals surface area contributed by atoms with Gasteiger partial charge in [-0.25, -0.2) is 0 Å². The van der Waals surface area contributed by atoms with Crippen LogP contribution in [0.3, 0.4) is 0 Å². The number of carboxylic acid groups (broad SMARTS) is 1. The summed E-state index contributed by atoms with van der Waals surface area (Å²) in [6.07, 6.45) is 4.23. The van der Waals surface area contributed by atoms with Crippen molar-refractivity contribution >= 4 is 29.4 Å². The summed E-state index contributed by atoms with van der Waals surface area (Å²) in [6, 6.07) is 3.79. The van der Waals surface area contributed by atoms with E-state index in [-0.39, 0.29) is 29.1 Å². The fraction of sp³-hybridized carbons (Fsp3) is 0.524. The van der Waals surface area contributed by atoms with Crippen LogP contribution in [0.4, 0.5) is 13.2 Å². The van der Waals surface area contributed by atoms with E-state index in [4.69, 9.17) is 16.7 Å². The predicted octanol–water partition coefficient (Wildman–Crippen LogP) is 6.39. The molecule has 1 saturated carbocycles. The Morgan fingerprint density at radius 1 is 1.21 bits per heavy atom.